The lowest BCUT2D eigenvalue weighted by atomic mass is 9.81. The summed E-state index contributed by atoms with van der Waals surface area (Å²) in [5, 5.41) is 3.47. The van der Waals surface area contributed by atoms with Crippen molar-refractivity contribution < 1.29 is 0 Å². The molecule has 0 aromatic heterocycles. The zero-order valence-corrected chi connectivity index (χ0v) is 12.7. The van der Waals surface area contributed by atoms with Crippen LogP contribution in [0.2, 0.25) is 0 Å². The molecule has 1 N–H and O–H groups in total. The van der Waals surface area contributed by atoms with Gasteiger partial charge in [0.05, 0.1) is 0 Å². The minimum Gasteiger partial charge on any atom is -0.378 e. The Morgan fingerprint density at radius 3 is 2.05 bits per heavy atom. The van der Waals surface area contributed by atoms with Crippen molar-refractivity contribution in [2.24, 2.45) is 0 Å². The SMILES string of the molecule is CN(C)c1ccc(CC2(N(C)C)CCNCC2)cc1. The first-order chi connectivity index (χ1) is 9.03. The van der Waals surface area contributed by atoms with E-state index >= 15 is 0 Å². The number of nitrogens with one attached hydrogen (secondary N) is 1. The molecule has 0 atom stereocenters. The Morgan fingerprint density at radius 2 is 1.58 bits per heavy atom. The van der Waals surface area contributed by atoms with Crippen LogP contribution in [-0.2, 0) is 6.42 Å². The Bertz CT molecular complexity index is 389. The van der Waals surface area contributed by atoms with Crippen molar-refractivity contribution in [1.82, 2.24) is 10.2 Å². The van der Waals surface area contributed by atoms with E-state index in [1.807, 2.05) is 0 Å². The van der Waals surface area contributed by atoms with Gasteiger partial charge in [-0.1, -0.05) is 12.1 Å². The maximum absolute atomic E-state index is 3.47. The second kappa shape index (κ2) is 5.93. The minimum atomic E-state index is 0.324. The minimum absolute atomic E-state index is 0.324. The first-order valence-corrected chi connectivity index (χ1v) is 7.18. The van der Waals surface area contributed by atoms with Crippen molar-refractivity contribution in [1.29, 1.82) is 0 Å². The van der Waals surface area contributed by atoms with Crippen LogP contribution >= 0.6 is 0 Å². The topological polar surface area (TPSA) is 18.5 Å². The van der Waals surface area contributed by atoms with E-state index in [-0.39, 0.29) is 0 Å². The van der Waals surface area contributed by atoms with Crippen LogP contribution in [0.3, 0.4) is 0 Å². The molecule has 1 aromatic rings. The van der Waals surface area contributed by atoms with E-state index < -0.39 is 0 Å². The first-order valence-electron chi connectivity index (χ1n) is 7.18. The number of rotatable bonds is 4. The smallest absolute Gasteiger partial charge is 0.0361 e. The van der Waals surface area contributed by atoms with Gasteiger partial charge in [-0.15, -0.1) is 0 Å². The lowest BCUT2D eigenvalue weighted by Crippen LogP contribution is -2.53. The molecular formula is C16H27N3. The summed E-state index contributed by atoms with van der Waals surface area (Å²) >= 11 is 0. The van der Waals surface area contributed by atoms with Crippen LogP contribution in [0, 0.1) is 0 Å². The van der Waals surface area contributed by atoms with Crippen LogP contribution in [0.1, 0.15) is 18.4 Å². The zero-order chi connectivity index (χ0) is 13.9. The predicted octanol–water partition coefficient (Wildman–Crippen LogP) is 1.98. The fourth-order valence-electron chi connectivity index (χ4n) is 2.97. The van der Waals surface area contributed by atoms with E-state index in [4.69, 9.17) is 0 Å². The van der Waals surface area contributed by atoms with Crippen LogP contribution in [0.25, 0.3) is 0 Å². The summed E-state index contributed by atoms with van der Waals surface area (Å²) in [6, 6.07) is 9.00. The summed E-state index contributed by atoms with van der Waals surface area (Å²) in [6.45, 7) is 2.27. The standard InChI is InChI=1S/C16H27N3/c1-18(2)15-7-5-14(6-8-15)13-16(19(3)4)9-11-17-12-10-16/h5-8,17H,9-13H2,1-4H3. The third-order valence-corrected chi connectivity index (χ3v) is 4.47. The Balaban J connectivity index is 2.13. The quantitative estimate of drug-likeness (QED) is 0.894. The Hall–Kier alpha value is -1.06. The summed E-state index contributed by atoms with van der Waals surface area (Å²) in [4.78, 5) is 4.57. The van der Waals surface area contributed by atoms with Crippen LogP contribution in [0.5, 0.6) is 0 Å². The van der Waals surface area contributed by atoms with Gasteiger partial charge in [-0.25, -0.2) is 0 Å². The number of piperidine rings is 1. The number of hydrogen-bond donors (Lipinski definition) is 1. The van der Waals surface area contributed by atoms with Gasteiger partial charge in [0.1, 0.15) is 0 Å². The Morgan fingerprint density at radius 1 is 1.00 bits per heavy atom. The lowest BCUT2D eigenvalue weighted by Gasteiger charge is -2.43. The van der Waals surface area contributed by atoms with Crippen molar-refractivity contribution in [2.45, 2.75) is 24.8 Å². The molecule has 1 heterocycles. The second-order valence-corrected chi connectivity index (χ2v) is 6.11. The molecule has 0 saturated carbocycles. The highest BCUT2D eigenvalue weighted by atomic mass is 15.2. The van der Waals surface area contributed by atoms with Crippen LogP contribution in [-0.4, -0.2) is 51.7 Å². The van der Waals surface area contributed by atoms with Crippen molar-refractivity contribution in [3.63, 3.8) is 0 Å². The molecule has 3 heteroatoms. The summed E-state index contributed by atoms with van der Waals surface area (Å²) < 4.78 is 0. The van der Waals surface area contributed by atoms with Crippen molar-refractivity contribution in [3.8, 4) is 0 Å². The highest BCUT2D eigenvalue weighted by Gasteiger charge is 2.34. The molecule has 0 amide bonds. The molecule has 3 nitrogen and oxygen atoms in total. The number of anilines is 1. The van der Waals surface area contributed by atoms with Crippen molar-refractivity contribution >= 4 is 5.69 Å². The first kappa shape index (κ1) is 14.4. The van der Waals surface area contributed by atoms with E-state index in [0.29, 0.717) is 5.54 Å². The van der Waals surface area contributed by atoms with E-state index in [1.165, 1.54) is 24.1 Å². The molecule has 1 fully saturated rings. The van der Waals surface area contributed by atoms with Gasteiger partial charge in [0, 0.05) is 25.3 Å². The molecule has 1 aliphatic heterocycles. The number of likely N-dealkylation sites (N-methyl/N-ethyl adjacent to an activating group) is 1. The van der Waals surface area contributed by atoms with Gasteiger partial charge < -0.3 is 15.1 Å². The van der Waals surface area contributed by atoms with Crippen LogP contribution < -0.4 is 10.2 Å². The number of hydrogen-bond acceptors (Lipinski definition) is 3. The summed E-state index contributed by atoms with van der Waals surface area (Å²) in [6.07, 6.45) is 3.61. The summed E-state index contributed by atoms with van der Waals surface area (Å²) in [5.41, 5.74) is 3.04. The van der Waals surface area contributed by atoms with Crippen molar-refractivity contribution in [2.75, 3.05) is 46.2 Å². The predicted molar refractivity (Wildman–Crippen MR) is 83.0 cm³/mol. The van der Waals surface area contributed by atoms with Crippen molar-refractivity contribution in [3.05, 3.63) is 29.8 Å². The van der Waals surface area contributed by atoms with Gasteiger partial charge in [-0.05, 0) is 64.1 Å². The molecule has 0 radical (unpaired) electrons. The molecule has 0 aliphatic carbocycles. The number of nitrogens with zero attached hydrogens (tertiary/aromatic N) is 2. The lowest BCUT2D eigenvalue weighted by molar-refractivity contribution is 0.108. The fraction of sp³-hybridized carbons (Fsp3) is 0.625. The average Bonchev–Trinajstić information content (AvgIpc) is 2.40. The van der Waals surface area contributed by atoms with Gasteiger partial charge in [-0.3, -0.25) is 0 Å². The largest absolute Gasteiger partial charge is 0.378 e. The van der Waals surface area contributed by atoms with Gasteiger partial charge in [0.15, 0.2) is 0 Å². The average molecular weight is 261 g/mol. The van der Waals surface area contributed by atoms with E-state index in [0.717, 1.165) is 19.5 Å². The molecule has 0 bridgehead atoms. The maximum Gasteiger partial charge on any atom is 0.0361 e. The van der Waals surface area contributed by atoms with E-state index in [2.05, 4.69) is 67.6 Å². The van der Waals surface area contributed by atoms with Gasteiger partial charge >= 0.3 is 0 Å². The molecular weight excluding hydrogens is 234 g/mol. The van der Waals surface area contributed by atoms with E-state index in [1.54, 1.807) is 0 Å². The summed E-state index contributed by atoms with van der Waals surface area (Å²) in [7, 11) is 8.62. The van der Waals surface area contributed by atoms with Gasteiger partial charge in [0.2, 0.25) is 0 Å². The van der Waals surface area contributed by atoms with Crippen LogP contribution in [0.15, 0.2) is 24.3 Å². The van der Waals surface area contributed by atoms with E-state index in [9.17, 15) is 0 Å². The molecule has 19 heavy (non-hydrogen) atoms. The molecule has 0 unspecified atom stereocenters. The third-order valence-electron chi connectivity index (χ3n) is 4.47. The fourth-order valence-corrected chi connectivity index (χ4v) is 2.97. The van der Waals surface area contributed by atoms with Crippen LogP contribution in [0.4, 0.5) is 5.69 Å². The molecule has 0 spiro atoms. The zero-order valence-electron chi connectivity index (χ0n) is 12.7. The molecule has 2 rings (SSSR count). The van der Waals surface area contributed by atoms with Gasteiger partial charge in [-0.2, -0.15) is 0 Å². The molecule has 1 aromatic carbocycles. The maximum atomic E-state index is 3.47. The highest BCUT2D eigenvalue weighted by Crippen LogP contribution is 2.29. The van der Waals surface area contributed by atoms with Gasteiger partial charge in [0.25, 0.3) is 0 Å². The Kier molecular flexibility index (Phi) is 4.48. The Labute approximate surface area is 117 Å². The summed E-state index contributed by atoms with van der Waals surface area (Å²) in [5.74, 6) is 0. The normalized spacial score (nSPS) is 18.6. The second-order valence-electron chi connectivity index (χ2n) is 6.11. The monoisotopic (exact) mass is 261 g/mol. The molecule has 106 valence electrons. The molecule has 1 saturated heterocycles. The molecule has 1 aliphatic rings. The highest BCUT2D eigenvalue weighted by molar-refractivity contribution is 5.46. The third kappa shape index (κ3) is 3.28. The number of benzene rings is 1.